The fraction of sp³-hybridized carbons (Fsp3) is 0.600. The Morgan fingerprint density at radius 1 is 1.53 bits per heavy atom. The van der Waals surface area contributed by atoms with Crippen LogP contribution >= 0.6 is 11.3 Å². The highest BCUT2D eigenvalue weighted by Crippen LogP contribution is 2.11. The number of anilines is 1. The zero-order chi connectivity index (χ0) is 11.3. The summed E-state index contributed by atoms with van der Waals surface area (Å²) in [5.74, 6) is 0.486. The van der Waals surface area contributed by atoms with Crippen LogP contribution in [0.4, 0.5) is 5.13 Å². The zero-order valence-electron chi connectivity index (χ0n) is 9.28. The maximum atomic E-state index is 11.6. The molecule has 15 heavy (non-hydrogen) atoms. The molecule has 1 heterocycles. The van der Waals surface area contributed by atoms with Crippen molar-refractivity contribution in [3.8, 4) is 0 Å². The third-order valence-corrected chi connectivity index (χ3v) is 2.55. The summed E-state index contributed by atoms with van der Waals surface area (Å²) in [5.41, 5.74) is 0. The van der Waals surface area contributed by atoms with E-state index in [-0.39, 0.29) is 11.9 Å². The number of rotatable bonds is 5. The molecule has 1 atom stereocenters. The molecule has 5 heteroatoms. The van der Waals surface area contributed by atoms with Gasteiger partial charge in [-0.1, -0.05) is 13.8 Å². The van der Waals surface area contributed by atoms with Crippen LogP contribution < -0.4 is 10.6 Å². The third-order valence-electron chi connectivity index (χ3n) is 1.85. The molecule has 1 aromatic rings. The number of nitrogens with zero attached hydrogens (tertiary/aromatic N) is 1. The first-order valence-electron chi connectivity index (χ1n) is 5.03. The molecular weight excluding hydrogens is 210 g/mol. The molecule has 0 aliphatic heterocycles. The Balaban J connectivity index is 2.33. The smallest absolute Gasteiger partial charge is 0.242 e. The van der Waals surface area contributed by atoms with Crippen LogP contribution in [0.2, 0.25) is 0 Å². The Bertz CT molecular complexity index is 298. The van der Waals surface area contributed by atoms with Gasteiger partial charge in [0.2, 0.25) is 5.91 Å². The zero-order valence-corrected chi connectivity index (χ0v) is 10.1. The SMILES string of the molecule is CC(C)CNC(=O)C(C)Nc1nccs1. The molecule has 2 N–H and O–H groups in total. The lowest BCUT2D eigenvalue weighted by molar-refractivity contribution is -0.121. The summed E-state index contributed by atoms with van der Waals surface area (Å²) in [5, 5.41) is 8.57. The predicted molar refractivity (Wildman–Crippen MR) is 63.0 cm³/mol. The second-order valence-corrected chi connectivity index (χ2v) is 4.74. The largest absolute Gasteiger partial charge is 0.354 e. The van der Waals surface area contributed by atoms with Crippen molar-refractivity contribution < 1.29 is 4.79 Å². The molecule has 0 fully saturated rings. The maximum absolute atomic E-state index is 11.6. The van der Waals surface area contributed by atoms with E-state index < -0.39 is 0 Å². The van der Waals surface area contributed by atoms with Gasteiger partial charge in [-0.3, -0.25) is 4.79 Å². The van der Waals surface area contributed by atoms with Crippen molar-refractivity contribution in [2.45, 2.75) is 26.8 Å². The standard InChI is InChI=1S/C10H17N3OS/c1-7(2)6-12-9(14)8(3)13-10-11-4-5-15-10/h4-5,7-8H,6H2,1-3H3,(H,11,13)(H,12,14). The van der Waals surface area contributed by atoms with Crippen LogP contribution in [0.25, 0.3) is 0 Å². The molecule has 0 aromatic carbocycles. The molecule has 4 nitrogen and oxygen atoms in total. The van der Waals surface area contributed by atoms with E-state index in [1.807, 2.05) is 12.3 Å². The van der Waals surface area contributed by atoms with Crippen LogP contribution in [-0.2, 0) is 4.79 Å². The highest BCUT2D eigenvalue weighted by molar-refractivity contribution is 7.13. The highest BCUT2D eigenvalue weighted by Gasteiger charge is 2.12. The molecule has 0 spiro atoms. The molecule has 0 aliphatic rings. The second kappa shape index (κ2) is 5.70. The van der Waals surface area contributed by atoms with Crippen molar-refractivity contribution >= 4 is 22.4 Å². The molecule has 1 rings (SSSR count). The summed E-state index contributed by atoms with van der Waals surface area (Å²) in [6, 6.07) is -0.241. The average Bonchev–Trinajstić information content (AvgIpc) is 2.66. The molecular formula is C10H17N3OS. The van der Waals surface area contributed by atoms with E-state index in [1.165, 1.54) is 11.3 Å². The molecule has 0 bridgehead atoms. The van der Waals surface area contributed by atoms with Gasteiger partial charge in [0.25, 0.3) is 0 Å². The molecule has 0 saturated heterocycles. The number of carbonyl (C=O) groups excluding carboxylic acids is 1. The summed E-state index contributed by atoms with van der Waals surface area (Å²) in [7, 11) is 0. The van der Waals surface area contributed by atoms with Gasteiger partial charge in [0.05, 0.1) is 0 Å². The lowest BCUT2D eigenvalue weighted by atomic mass is 10.2. The lowest BCUT2D eigenvalue weighted by Gasteiger charge is -2.14. The average molecular weight is 227 g/mol. The third kappa shape index (κ3) is 4.29. The number of aromatic nitrogens is 1. The van der Waals surface area contributed by atoms with Crippen LogP contribution in [0.5, 0.6) is 0 Å². The minimum atomic E-state index is -0.241. The normalized spacial score (nSPS) is 12.5. The van der Waals surface area contributed by atoms with Gasteiger partial charge in [0.1, 0.15) is 6.04 Å². The summed E-state index contributed by atoms with van der Waals surface area (Å²) >= 11 is 1.49. The Hall–Kier alpha value is -1.10. The van der Waals surface area contributed by atoms with Gasteiger partial charge in [-0.2, -0.15) is 0 Å². The van der Waals surface area contributed by atoms with Gasteiger partial charge in [-0.15, -0.1) is 11.3 Å². The minimum absolute atomic E-state index is 0.0129. The maximum Gasteiger partial charge on any atom is 0.242 e. The van der Waals surface area contributed by atoms with E-state index in [2.05, 4.69) is 29.5 Å². The van der Waals surface area contributed by atoms with Gasteiger partial charge in [-0.25, -0.2) is 4.98 Å². The molecule has 0 aliphatic carbocycles. The van der Waals surface area contributed by atoms with Gasteiger partial charge in [0.15, 0.2) is 5.13 Å². The number of hydrogen-bond acceptors (Lipinski definition) is 4. The Kier molecular flexibility index (Phi) is 4.55. The monoisotopic (exact) mass is 227 g/mol. The molecule has 1 amide bonds. The van der Waals surface area contributed by atoms with Crippen LogP contribution in [0.15, 0.2) is 11.6 Å². The van der Waals surface area contributed by atoms with Gasteiger partial charge in [0, 0.05) is 18.1 Å². The van der Waals surface area contributed by atoms with Crippen LogP contribution in [-0.4, -0.2) is 23.5 Å². The Morgan fingerprint density at radius 3 is 2.80 bits per heavy atom. The van der Waals surface area contributed by atoms with Crippen LogP contribution in [0.1, 0.15) is 20.8 Å². The summed E-state index contributed by atoms with van der Waals surface area (Å²) in [6.07, 6.45) is 1.71. The van der Waals surface area contributed by atoms with Crippen molar-refractivity contribution in [2.75, 3.05) is 11.9 Å². The summed E-state index contributed by atoms with van der Waals surface area (Å²) in [6.45, 7) is 6.68. The van der Waals surface area contributed by atoms with Crippen LogP contribution in [0.3, 0.4) is 0 Å². The highest BCUT2D eigenvalue weighted by atomic mass is 32.1. The predicted octanol–water partition coefficient (Wildman–Crippen LogP) is 1.72. The first-order valence-corrected chi connectivity index (χ1v) is 5.91. The lowest BCUT2D eigenvalue weighted by Crippen LogP contribution is -2.39. The molecule has 84 valence electrons. The summed E-state index contributed by atoms with van der Waals surface area (Å²) in [4.78, 5) is 15.6. The Morgan fingerprint density at radius 2 is 2.27 bits per heavy atom. The number of carbonyl (C=O) groups is 1. The van der Waals surface area contributed by atoms with Gasteiger partial charge < -0.3 is 10.6 Å². The van der Waals surface area contributed by atoms with E-state index in [0.29, 0.717) is 12.5 Å². The van der Waals surface area contributed by atoms with E-state index in [0.717, 1.165) is 5.13 Å². The second-order valence-electron chi connectivity index (χ2n) is 3.84. The minimum Gasteiger partial charge on any atom is -0.354 e. The number of thiazole rings is 1. The molecule has 1 unspecified atom stereocenters. The van der Waals surface area contributed by atoms with Gasteiger partial charge in [-0.05, 0) is 12.8 Å². The van der Waals surface area contributed by atoms with Gasteiger partial charge >= 0.3 is 0 Å². The van der Waals surface area contributed by atoms with E-state index >= 15 is 0 Å². The number of amides is 1. The topological polar surface area (TPSA) is 54.0 Å². The molecule has 1 aromatic heterocycles. The van der Waals surface area contributed by atoms with Crippen LogP contribution in [0, 0.1) is 5.92 Å². The van der Waals surface area contributed by atoms with Crippen molar-refractivity contribution in [1.82, 2.24) is 10.3 Å². The fourth-order valence-electron chi connectivity index (χ4n) is 1.00. The quantitative estimate of drug-likeness (QED) is 0.805. The number of hydrogen-bond donors (Lipinski definition) is 2. The van der Waals surface area contributed by atoms with Crippen molar-refractivity contribution in [2.24, 2.45) is 5.92 Å². The van der Waals surface area contributed by atoms with E-state index in [4.69, 9.17) is 0 Å². The first kappa shape index (κ1) is 12.0. The van der Waals surface area contributed by atoms with Crippen molar-refractivity contribution in [3.05, 3.63) is 11.6 Å². The summed E-state index contributed by atoms with van der Waals surface area (Å²) < 4.78 is 0. The Labute approximate surface area is 94.1 Å². The fourth-order valence-corrected chi connectivity index (χ4v) is 1.62. The van der Waals surface area contributed by atoms with E-state index in [1.54, 1.807) is 6.20 Å². The first-order chi connectivity index (χ1) is 7.09. The van der Waals surface area contributed by atoms with Crippen molar-refractivity contribution in [1.29, 1.82) is 0 Å². The molecule has 0 radical (unpaired) electrons. The molecule has 0 saturated carbocycles. The van der Waals surface area contributed by atoms with E-state index in [9.17, 15) is 4.79 Å². The number of nitrogens with one attached hydrogen (secondary N) is 2. The van der Waals surface area contributed by atoms with Crippen molar-refractivity contribution in [3.63, 3.8) is 0 Å².